The number of aromatic nitrogens is 3. The van der Waals surface area contributed by atoms with Crippen LogP contribution in [0.1, 0.15) is 31.6 Å². The summed E-state index contributed by atoms with van der Waals surface area (Å²) in [6.07, 6.45) is -6.61. The molecule has 0 unspecified atom stereocenters. The average Bonchev–Trinajstić information content (AvgIpc) is 3.20. The number of carbonyl (C=O) groups is 1. The van der Waals surface area contributed by atoms with Crippen LogP contribution in [0, 0.1) is 5.41 Å². The summed E-state index contributed by atoms with van der Waals surface area (Å²) in [6.45, 7) is 0.773. The summed E-state index contributed by atoms with van der Waals surface area (Å²) in [5, 5.41) is 14.0. The Morgan fingerprint density at radius 2 is 1.94 bits per heavy atom. The van der Waals surface area contributed by atoms with E-state index < -0.39 is 41.9 Å². The van der Waals surface area contributed by atoms with E-state index >= 15 is 0 Å². The summed E-state index contributed by atoms with van der Waals surface area (Å²) >= 11 is 0. The number of likely N-dealkylation sites (N-methyl/N-ethyl adjacent to an activating group) is 1. The number of aryl methyl sites for hydroxylation is 1. The maximum absolute atomic E-state index is 13.5. The molecule has 2 aliphatic rings. The zero-order valence-electron chi connectivity index (χ0n) is 16.8. The number of nitrogens with one attached hydrogen (secondary N) is 2. The Morgan fingerprint density at radius 1 is 1.29 bits per heavy atom. The van der Waals surface area contributed by atoms with Crippen molar-refractivity contribution in [1.82, 2.24) is 24.6 Å². The summed E-state index contributed by atoms with van der Waals surface area (Å²) in [5.41, 5.74) is -2.32. The standard InChI is InChI=1S/C18H23F5N6O2/c1-2-25-10(6-14(24)18(21,22)23)7-28-17(31)29-13(4-3-5-15(29)26-28)16(30)27-8-11(19)12(20)9-27/h6,11-13,24-25H,2-5,7-9H2,1H3/b10-6-,24-14?/t11-,12+,13-/m0/s1. The Hall–Kier alpha value is -2.73. The van der Waals surface area contributed by atoms with Crippen molar-refractivity contribution in [2.24, 2.45) is 0 Å². The van der Waals surface area contributed by atoms with Crippen LogP contribution in [0.5, 0.6) is 0 Å². The monoisotopic (exact) mass is 450 g/mol. The molecule has 0 radical (unpaired) electrons. The van der Waals surface area contributed by atoms with E-state index in [1.54, 1.807) is 6.92 Å². The zero-order chi connectivity index (χ0) is 22.9. The lowest BCUT2D eigenvalue weighted by Crippen LogP contribution is -2.42. The van der Waals surface area contributed by atoms with Crippen LogP contribution < -0.4 is 11.0 Å². The Balaban J connectivity index is 1.87. The van der Waals surface area contributed by atoms with Gasteiger partial charge in [-0.2, -0.15) is 18.3 Å². The molecule has 1 aromatic heterocycles. The molecule has 1 saturated heterocycles. The highest BCUT2D eigenvalue weighted by Crippen LogP contribution is 2.27. The number of rotatable bonds is 6. The van der Waals surface area contributed by atoms with Crippen LogP contribution >= 0.6 is 0 Å². The second-order valence-electron chi connectivity index (χ2n) is 7.52. The first kappa shape index (κ1) is 22.9. The lowest BCUT2D eigenvalue weighted by molar-refractivity contribution is -0.134. The van der Waals surface area contributed by atoms with Gasteiger partial charge in [-0.1, -0.05) is 0 Å². The molecule has 3 atom stereocenters. The van der Waals surface area contributed by atoms with Gasteiger partial charge in [0.1, 0.15) is 17.6 Å². The van der Waals surface area contributed by atoms with Crippen LogP contribution in [0.15, 0.2) is 16.6 Å². The normalized spacial score (nSPS) is 24.3. The molecule has 0 aromatic carbocycles. The molecule has 1 amide bonds. The summed E-state index contributed by atoms with van der Waals surface area (Å²) in [5.74, 6) is -0.296. The number of hydrogen-bond acceptors (Lipinski definition) is 5. The maximum Gasteiger partial charge on any atom is 0.432 e. The molecule has 2 N–H and O–H groups in total. The van der Waals surface area contributed by atoms with Gasteiger partial charge in [0, 0.05) is 18.7 Å². The molecule has 0 saturated carbocycles. The largest absolute Gasteiger partial charge is 0.432 e. The fraction of sp³-hybridized carbons (Fsp3) is 0.667. The van der Waals surface area contributed by atoms with Gasteiger partial charge in [-0.15, -0.1) is 0 Å². The van der Waals surface area contributed by atoms with Gasteiger partial charge in [0.2, 0.25) is 5.91 Å². The van der Waals surface area contributed by atoms with Crippen molar-refractivity contribution in [3.05, 3.63) is 28.1 Å². The Bertz CT molecular complexity index is 927. The summed E-state index contributed by atoms with van der Waals surface area (Å²) < 4.78 is 67.3. The third-order valence-electron chi connectivity index (χ3n) is 5.26. The van der Waals surface area contributed by atoms with E-state index in [4.69, 9.17) is 5.41 Å². The van der Waals surface area contributed by atoms with Gasteiger partial charge in [0.15, 0.2) is 12.3 Å². The van der Waals surface area contributed by atoms with E-state index in [0.29, 0.717) is 18.9 Å². The van der Waals surface area contributed by atoms with Gasteiger partial charge in [-0.25, -0.2) is 18.3 Å². The average molecular weight is 450 g/mol. The third-order valence-corrected chi connectivity index (χ3v) is 5.26. The minimum absolute atomic E-state index is 0.0367. The molecule has 0 bridgehead atoms. The van der Waals surface area contributed by atoms with E-state index in [-0.39, 0.29) is 44.1 Å². The number of halogens is 5. The number of amides is 1. The first-order chi connectivity index (χ1) is 14.5. The molecule has 13 heteroatoms. The molecule has 172 valence electrons. The van der Waals surface area contributed by atoms with E-state index in [1.807, 2.05) is 0 Å². The smallest absolute Gasteiger partial charge is 0.387 e. The van der Waals surface area contributed by atoms with Gasteiger partial charge in [0.05, 0.1) is 19.6 Å². The lowest BCUT2D eigenvalue weighted by atomic mass is 10.0. The minimum Gasteiger partial charge on any atom is -0.387 e. The first-order valence-corrected chi connectivity index (χ1v) is 9.88. The molecule has 31 heavy (non-hydrogen) atoms. The summed E-state index contributed by atoms with van der Waals surface area (Å²) in [6, 6.07) is -0.970. The third kappa shape index (κ3) is 4.79. The lowest BCUT2D eigenvalue weighted by Gasteiger charge is -2.26. The first-order valence-electron chi connectivity index (χ1n) is 9.88. The molecule has 3 heterocycles. The number of fused-ring (bicyclic) bond motifs is 1. The fourth-order valence-corrected chi connectivity index (χ4v) is 3.78. The number of carbonyl (C=O) groups excluding carboxylic acids is 1. The van der Waals surface area contributed by atoms with Crippen molar-refractivity contribution in [3.63, 3.8) is 0 Å². The highest BCUT2D eigenvalue weighted by Gasteiger charge is 2.40. The Labute approximate surface area is 174 Å². The second kappa shape index (κ2) is 8.79. The van der Waals surface area contributed by atoms with Gasteiger partial charge in [0.25, 0.3) is 0 Å². The van der Waals surface area contributed by atoms with Crippen molar-refractivity contribution in [2.75, 3.05) is 19.6 Å². The predicted octanol–water partition coefficient (Wildman–Crippen LogP) is 1.52. The number of allylic oxidation sites excluding steroid dienone is 2. The Morgan fingerprint density at radius 3 is 2.52 bits per heavy atom. The molecule has 3 rings (SSSR count). The summed E-state index contributed by atoms with van der Waals surface area (Å²) in [4.78, 5) is 26.8. The highest BCUT2D eigenvalue weighted by molar-refractivity contribution is 5.97. The van der Waals surface area contributed by atoms with Crippen molar-refractivity contribution < 1.29 is 26.7 Å². The predicted molar refractivity (Wildman–Crippen MR) is 100 cm³/mol. The van der Waals surface area contributed by atoms with Crippen LogP contribution in [0.4, 0.5) is 22.0 Å². The number of likely N-dealkylation sites (tertiary alicyclic amines) is 1. The van der Waals surface area contributed by atoms with Crippen molar-refractivity contribution in [3.8, 4) is 0 Å². The van der Waals surface area contributed by atoms with Crippen LogP contribution in [-0.2, 0) is 17.8 Å². The Kier molecular flexibility index (Phi) is 6.51. The van der Waals surface area contributed by atoms with Crippen LogP contribution in [0.2, 0.25) is 0 Å². The molecule has 0 spiro atoms. The van der Waals surface area contributed by atoms with Gasteiger partial charge < -0.3 is 10.2 Å². The van der Waals surface area contributed by atoms with Crippen molar-refractivity contribution in [1.29, 1.82) is 5.41 Å². The van der Waals surface area contributed by atoms with Crippen LogP contribution in [0.25, 0.3) is 0 Å². The molecule has 8 nitrogen and oxygen atoms in total. The van der Waals surface area contributed by atoms with E-state index in [0.717, 1.165) is 14.1 Å². The molecule has 2 aliphatic heterocycles. The fourth-order valence-electron chi connectivity index (χ4n) is 3.78. The zero-order valence-corrected chi connectivity index (χ0v) is 16.8. The van der Waals surface area contributed by atoms with Crippen molar-refractivity contribution in [2.45, 2.75) is 57.3 Å². The topological polar surface area (TPSA) is 96.0 Å². The quantitative estimate of drug-likeness (QED) is 0.508. The molecule has 0 aliphatic carbocycles. The number of alkyl halides is 5. The number of hydrogen-bond donors (Lipinski definition) is 2. The van der Waals surface area contributed by atoms with E-state index in [2.05, 4.69) is 10.4 Å². The summed E-state index contributed by atoms with van der Waals surface area (Å²) in [7, 11) is 0. The molecule has 1 aromatic rings. The van der Waals surface area contributed by atoms with Gasteiger partial charge in [-0.05, 0) is 25.8 Å². The van der Waals surface area contributed by atoms with Crippen molar-refractivity contribution >= 4 is 11.6 Å². The van der Waals surface area contributed by atoms with E-state index in [9.17, 15) is 31.5 Å². The maximum atomic E-state index is 13.5. The second-order valence-corrected chi connectivity index (χ2v) is 7.52. The minimum atomic E-state index is -4.84. The number of nitrogens with zero attached hydrogens (tertiary/aromatic N) is 4. The van der Waals surface area contributed by atoms with Gasteiger partial charge in [-0.3, -0.25) is 14.8 Å². The van der Waals surface area contributed by atoms with Crippen LogP contribution in [-0.4, -0.2) is 69.0 Å². The SMILES string of the molecule is CCN/C(=C\C(=N)C(F)(F)F)Cn1nc2n(c1=O)[C@H](C(=O)N1C[C@@H](F)[C@@H](F)C1)CCC2. The molecule has 1 fully saturated rings. The highest BCUT2D eigenvalue weighted by atomic mass is 19.4. The molecular weight excluding hydrogens is 427 g/mol. The molecular formula is C18H23F5N6O2. The van der Waals surface area contributed by atoms with E-state index in [1.165, 1.54) is 0 Å². The van der Waals surface area contributed by atoms with Crippen LogP contribution in [0.3, 0.4) is 0 Å². The van der Waals surface area contributed by atoms with Gasteiger partial charge >= 0.3 is 11.9 Å².